The summed E-state index contributed by atoms with van der Waals surface area (Å²) < 4.78 is 1.73. The van der Waals surface area contributed by atoms with Crippen LogP contribution in [0, 0.1) is 6.92 Å². The fourth-order valence-corrected chi connectivity index (χ4v) is 1.85. The van der Waals surface area contributed by atoms with Crippen LogP contribution in [0.2, 0.25) is 0 Å². The third-order valence-corrected chi connectivity index (χ3v) is 2.73. The molecule has 0 atom stereocenters. The van der Waals surface area contributed by atoms with Gasteiger partial charge in [0.05, 0.1) is 19.8 Å². The Bertz CT molecular complexity index is 505. The topological polar surface area (TPSA) is 71.2 Å². The highest BCUT2D eigenvalue weighted by atomic mass is 16.3. The van der Waals surface area contributed by atoms with Crippen LogP contribution in [0.3, 0.4) is 0 Å². The van der Waals surface area contributed by atoms with Crippen LogP contribution >= 0.6 is 0 Å². The molecular formula is C13H17N3O2. The molecule has 0 radical (unpaired) electrons. The number of hydrogen-bond donors (Lipinski definition) is 2. The van der Waals surface area contributed by atoms with Crippen molar-refractivity contribution in [1.82, 2.24) is 14.8 Å². The van der Waals surface area contributed by atoms with Crippen LogP contribution in [-0.4, -0.2) is 31.6 Å². The quantitative estimate of drug-likeness (QED) is 0.814. The Kier molecular flexibility index (Phi) is 4.07. The van der Waals surface area contributed by atoms with Crippen LogP contribution < -0.4 is 0 Å². The predicted molar refractivity (Wildman–Crippen MR) is 67.0 cm³/mol. The molecule has 5 heteroatoms. The standard InChI is InChI=1S/C13H17N3O2/c1-10-14-13(16(15-10)6-7-17)8-11-2-4-12(9-18)5-3-11/h2-5,17-18H,6-9H2,1H3. The molecule has 96 valence electrons. The molecule has 5 nitrogen and oxygen atoms in total. The summed E-state index contributed by atoms with van der Waals surface area (Å²) in [6.07, 6.45) is 0.673. The SMILES string of the molecule is Cc1nc(Cc2ccc(CO)cc2)n(CCO)n1. The molecule has 1 aromatic carbocycles. The molecule has 0 saturated carbocycles. The lowest BCUT2D eigenvalue weighted by Crippen LogP contribution is -2.09. The normalized spacial score (nSPS) is 10.8. The van der Waals surface area contributed by atoms with Crippen molar-refractivity contribution < 1.29 is 10.2 Å². The monoisotopic (exact) mass is 247 g/mol. The van der Waals surface area contributed by atoms with Gasteiger partial charge in [0.1, 0.15) is 11.6 Å². The highest BCUT2D eigenvalue weighted by molar-refractivity contribution is 5.24. The first kappa shape index (κ1) is 12.7. The molecule has 0 unspecified atom stereocenters. The molecule has 0 aliphatic rings. The van der Waals surface area contributed by atoms with Crippen molar-refractivity contribution in [2.24, 2.45) is 0 Å². The van der Waals surface area contributed by atoms with Crippen LogP contribution in [0.15, 0.2) is 24.3 Å². The second kappa shape index (κ2) is 5.75. The fourth-order valence-electron chi connectivity index (χ4n) is 1.85. The zero-order chi connectivity index (χ0) is 13.0. The van der Waals surface area contributed by atoms with Crippen molar-refractivity contribution >= 4 is 0 Å². The summed E-state index contributed by atoms with van der Waals surface area (Å²) in [4.78, 5) is 4.36. The molecule has 0 bridgehead atoms. The first-order chi connectivity index (χ1) is 8.72. The molecule has 2 aromatic rings. The van der Waals surface area contributed by atoms with E-state index in [0.29, 0.717) is 18.8 Å². The van der Waals surface area contributed by atoms with Gasteiger partial charge in [0.25, 0.3) is 0 Å². The molecule has 0 spiro atoms. The lowest BCUT2D eigenvalue weighted by Gasteiger charge is -2.04. The van der Waals surface area contributed by atoms with E-state index in [1.807, 2.05) is 31.2 Å². The van der Waals surface area contributed by atoms with Gasteiger partial charge in [-0.25, -0.2) is 9.67 Å². The van der Waals surface area contributed by atoms with Gasteiger partial charge >= 0.3 is 0 Å². The molecule has 0 saturated heterocycles. The van der Waals surface area contributed by atoms with E-state index < -0.39 is 0 Å². The first-order valence-electron chi connectivity index (χ1n) is 5.93. The minimum absolute atomic E-state index is 0.0548. The molecule has 0 aliphatic carbocycles. The molecule has 0 fully saturated rings. The van der Waals surface area contributed by atoms with E-state index in [1.165, 1.54) is 0 Å². The summed E-state index contributed by atoms with van der Waals surface area (Å²) in [7, 11) is 0. The van der Waals surface area contributed by atoms with Gasteiger partial charge < -0.3 is 10.2 Å². The van der Waals surface area contributed by atoms with Crippen molar-refractivity contribution in [2.75, 3.05) is 6.61 Å². The Morgan fingerprint density at radius 3 is 2.39 bits per heavy atom. The van der Waals surface area contributed by atoms with E-state index >= 15 is 0 Å². The maximum atomic E-state index is 8.98. The fraction of sp³-hybridized carbons (Fsp3) is 0.385. The molecule has 2 N–H and O–H groups in total. The van der Waals surface area contributed by atoms with Crippen molar-refractivity contribution in [3.63, 3.8) is 0 Å². The first-order valence-corrected chi connectivity index (χ1v) is 5.93. The van der Waals surface area contributed by atoms with Gasteiger partial charge in [0.15, 0.2) is 0 Å². The number of aliphatic hydroxyl groups excluding tert-OH is 2. The van der Waals surface area contributed by atoms with E-state index in [2.05, 4.69) is 10.1 Å². The smallest absolute Gasteiger partial charge is 0.147 e. The Morgan fingerprint density at radius 1 is 1.11 bits per heavy atom. The van der Waals surface area contributed by atoms with E-state index in [-0.39, 0.29) is 13.2 Å². The van der Waals surface area contributed by atoms with Gasteiger partial charge in [0, 0.05) is 6.42 Å². The van der Waals surface area contributed by atoms with Crippen LogP contribution in [0.1, 0.15) is 22.8 Å². The lowest BCUT2D eigenvalue weighted by molar-refractivity contribution is 0.267. The van der Waals surface area contributed by atoms with Crippen LogP contribution in [-0.2, 0) is 19.6 Å². The molecule has 0 amide bonds. The van der Waals surface area contributed by atoms with Crippen molar-refractivity contribution in [3.8, 4) is 0 Å². The second-order valence-corrected chi connectivity index (χ2v) is 4.17. The number of benzene rings is 1. The molecule has 0 aliphatic heterocycles. The summed E-state index contributed by atoms with van der Waals surface area (Å²) in [5.41, 5.74) is 2.01. The summed E-state index contributed by atoms with van der Waals surface area (Å²) in [6, 6.07) is 7.74. The van der Waals surface area contributed by atoms with Crippen molar-refractivity contribution in [1.29, 1.82) is 0 Å². The average Bonchev–Trinajstić information content (AvgIpc) is 2.71. The van der Waals surface area contributed by atoms with E-state index in [0.717, 1.165) is 17.0 Å². The van der Waals surface area contributed by atoms with Gasteiger partial charge in [-0.1, -0.05) is 24.3 Å². The van der Waals surface area contributed by atoms with Gasteiger partial charge in [-0.2, -0.15) is 5.10 Å². The zero-order valence-corrected chi connectivity index (χ0v) is 10.4. The summed E-state index contributed by atoms with van der Waals surface area (Å²) in [5.74, 6) is 1.56. The second-order valence-electron chi connectivity index (χ2n) is 4.17. The van der Waals surface area contributed by atoms with Gasteiger partial charge in [-0.15, -0.1) is 0 Å². The molecule has 18 heavy (non-hydrogen) atoms. The van der Waals surface area contributed by atoms with E-state index in [9.17, 15) is 0 Å². The minimum atomic E-state index is 0.0548. The number of rotatable bonds is 5. The maximum Gasteiger partial charge on any atom is 0.147 e. The van der Waals surface area contributed by atoms with Crippen LogP contribution in [0.4, 0.5) is 0 Å². The van der Waals surface area contributed by atoms with Crippen molar-refractivity contribution in [3.05, 3.63) is 47.0 Å². The Morgan fingerprint density at radius 2 is 1.78 bits per heavy atom. The molecule has 1 aromatic heterocycles. The highest BCUT2D eigenvalue weighted by Gasteiger charge is 2.07. The molecule has 1 heterocycles. The van der Waals surface area contributed by atoms with Crippen LogP contribution in [0.25, 0.3) is 0 Å². The number of aryl methyl sites for hydroxylation is 1. The predicted octanol–water partition coefficient (Wildman–Crippen LogP) is 0.662. The largest absolute Gasteiger partial charge is 0.394 e. The third-order valence-electron chi connectivity index (χ3n) is 2.73. The zero-order valence-electron chi connectivity index (χ0n) is 10.4. The number of nitrogens with zero attached hydrogens (tertiary/aromatic N) is 3. The number of aliphatic hydroxyl groups is 2. The number of aromatic nitrogens is 3. The summed E-state index contributed by atoms with van der Waals surface area (Å²) in [6.45, 7) is 2.41. The Labute approximate surface area is 106 Å². The minimum Gasteiger partial charge on any atom is -0.394 e. The average molecular weight is 247 g/mol. The van der Waals surface area contributed by atoms with E-state index in [4.69, 9.17) is 10.2 Å². The maximum absolute atomic E-state index is 8.98. The molecule has 2 rings (SSSR count). The third kappa shape index (κ3) is 2.94. The van der Waals surface area contributed by atoms with Gasteiger partial charge in [-0.05, 0) is 18.1 Å². The number of hydrogen-bond acceptors (Lipinski definition) is 4. The van der Waals surface area contributed by atoms with Gasteiger partial charge in [0.2, 0.25) is 0 Å². The molecular weight excluding hydrogens is 230 g/mol. The highest BCUT2D eigenvalue weighted by Crippen LogP contribution is 2.10. The summed E-state index contributed by atoms with van der Waals surface area (Å²) in [5, 5.41) is 22.2. The van der Waals surface area contributed by atoms with E-state index in [1.54, 1.807) is 4.68 Å². The van der Waals surface area contributed by atoms with Gasteiger partial charge in [-0.3, -0.25) is 0 Å². The lowest BCUT2D eigenvalue weighted by atomic mass is 10.1. The summed E-state index contributed by atoms with van der Waals surface area (Å²) >= 11 is 0. The Balaban J connectivity index is 2.16. The van der Waals surface area contributed by atoms with Crippen LogP contribution in [0.5, 0.6) is 0 Å². The van der Waals surface area contributed by atoms with Crippen molar-refractivity contribution in [2.45, 2.75) is 26.5 Å². The Hall–Kier alpha value is -1.72.